The minimum atomic E-state index is -1.20. The Kier molecular flexibility index (Phi) is 3.18. The largest absolute Gasteiger partial charge is 0.497 e. The third-order valence-electron chi connectivity index (χ3n) is 2.32. The summed E-state index contributed by atoms with van der Waals surface area (Å²) in [6.07, 6.45) is 0. The standard InChI is InChI=1S/C12H11NO5/c1-16-8-5-3-7(4-6-8)10-13-9(11(14)15)12(17-2)18-10/h3-6H,1-2H3,(H,14,15). The Morgan fingerprint density at radius 1 is 1.22 bits per heavy atom. The zero-order chi connectivity index (χ0) is 13.1. The number of carbonyl (C=O) groups is 1. The van der Waals surface area contributed by atoms with Gasteiger partial charge in [-0.05, 0) is 24.3 Å². The van der Waals surface area contributed by atoms with E-state index < -0.39 is 5.97 Å². The van der Waals surface area contributed by atoms with Gasteiger partial charge in [-0.3, -0.25) is 0 Å². The van der Waals surface area contributed by atoms with Crippen LogP contribution < -0.4 is 9.47 Å². The van der Waals surface area contributed by atoms with Crippen molar-refractivity contribution >= 4 is 5.97 Å². The molecule has 0 amide bonds. The average molecular weight is 249 g/mol. The number of carboxylic acids is 1. The van der Waals surface area contributed by atoms with Gasteiger partial charge in [0.1, 0.15) is 5.75 Å². The van der Waals surface area contributed by atoms with Crippen molar-refractivity contribution in [2.45, 2.75) is 0 Å². The van der Waals surface area contributed by atoms with Gasteiger partial charge in [-0.2, -0.15) is 4.98 Å². The highest BCUT2D eigenvalue weighted by Gasteiger charge is 2.21. The molecule has 94 valence electrons. The van der Waals surface area contributed by atoms with Crippen LogP contribution in [0.5, 0.6) is 11.7 Å². The van der Waals surface area contributed by atoms with Crippen LogP contribution in [0.3, 0.4) is 0 Å². The number of rotatable bonds is 4. The first kappa shape index (κ1) is 12.0. The number of oxazole rings is 1. The molecule has 0 saturated carbocycles. The molecule has 2 rings (SSSR count). The molecule has 0 atom stereocenters. The SMILES string of the molecule is COc1ccc(-c2nc(C(=O)O)c(OC)o2)cc1. The molecule has 1 heterocycles. The van der Waals surface area contributed by atoms with Crippen LogP contribution in [0.2, 0.25) is 0 Å². The third kappa shape index (κ3) is 2.13. The third-order valence-corrected chi connectivity index (χ3v) is 2.32. The van der Waals surface area contributed by atoms with E-state index in [-0.39, 0.29) is 17.5 Å². The number of methoxy groups -OCH3 is 2. The molecule has 0 aliphatic heterocycles. The van der Waals surface area contributed by atoms with E-state index in [4.69, 9.17) is 19.0 Å². The summed E-state index contributed by atoms with van der Waals surface area (Å²) >= 11 is 0. The molecule has 0 unspecified atom stereocenters. The number of nitrogens with zero attached hydrogens (tertiary/aromatic N) is 1. The molecule has 0 fully saturated rings. The Balaban J connectivity index is 2.40. The van der Waals surface area contributed by atoms with Gasteiger partial charge in [0.25, 0.3) is 0 Å². The average Bonchev–Trinajstić information content (AvgIpc) is 2.83. The molecule has 1 N–H and O–H groups in total. The van der Waals surface area contributed by atoms with Crippen LogP contribution >= 0.6 is 0 Å². The lowest BCUT2D eigenvalue weighted by Crippen LogP contribution is -1.99. The number of hydrogen-bond acceptors (Lipinski definition) is 5. The van der Waals surface area contributed by atoms with E-state index in [1.807, 2.05) is 0 Å². The van der Waals surface area contributed by atoms with Crippen molar-refractivity contribution in [2.75, 3.05) is 14.2 Å². The summed E-state index contributed by atoms with van der Waals surface area (Å²) < 4.78 is 15.1. The Labute approximate surface area is 103 Å². The molecule has 18 heavy (non-hydrogen) atoms. The van der Waals surface area contributed by atoms with Gasteiger partial charge in [-0.1, -0.05) is 0 Å². The second kappa shape index (κ2) is 4.79. The van der Waals surface area contributed by atoms with Gasteiger partial charge in [0.05, 0.1) is 14.2 Å². The van der Waals surface area contributed by atoms with Crippen LogP contribution in [-0.4, -0.2) is 30.3 Å². The van der Waals surface area contributed by atoms with Crippen molar-refractivity contribution in [1.82, 2.24) is 4.98 Å². The van der Waals surface area contributed by atoms with Crippen molar-refractivity contribution in [3.8, 4) is 23.1 Å². The van der Waals surface area contributed by atoms with E-state index in [2.05, 4.69) is 4.98 Å². The fourth-order valence-electron chi connectivity index (χ4n) is 1.44. The number of aromatic carboxylic acids is 1. The fraction of sp³-hybridized carbons (Fsp3) is 0.167. The number of hydrogen-bond donors (Lipinski definition) is 1. The predicted octanol–water partition coefficient (Wildman–Crippen LogP) is 2.06. The maximum atomic E-state index is 10.9. The zero-order valence-corrected chi connectivity index (χ0v) is 9.84. The lowest BCUT2D eigenvalue weighted by Gasteiger charge is -1.99. The first-order valence-electron chi connectivity index (χ1n) is 5.08. The molecule has 1 aromatic heterocycles. The van der Waals surface area contributed by atoms with Crippen molar-refractivity contribution in [3.63, 3.8) is 0 Å². The highest BCUT2D eigenvalue weighted by atomic mass is 16.6. The van der Waals surface area contributed by atoms with Crippen LogP contribution in [0.4, 0.5) is 0 Å². The molecule has 0 aliphatic rings. The smallest absolute Gasteiger partial charge is 0.362 e. The van der Waals surface area contributed by atoms with Gasteiger partial charge in [0, 0.05) is 5.56 Å². The van der Waals surface area contributed by atoms with Crippen LogP contribution in [0.25, 0.3) is 11.5 Å². The van der Waals surface area contributed by atoms with E-state index >= 15 is 0 Å². The Morgan fingerprint density at radius 3 is 2.33 bits per heavy atom. The normalized spacial score (nSPS) is 10.1. The molecule has 6 heteroatoms. The van der Waals surface area contributed by atoms with Crippen LogP contribution in [0.15, 0.2) is 28.7 Å². The van der Waals surface area contributed by atoms with E-state index in [9.17, 15) is 4.79 Å². The topological polar surface area (TPSA) is 81.8 Å². The first-order chi connectivity index (χ1) is 8.65. The van der Waals surface area contributed by atoms with Crippen molar-refractivity contribution < 1.29 is 23.8 Å². The van der Waals surface area contributed by atoms with Gasteiger partial charge >= 0.3 is 11.9 Å². The monoisotopic (exact) mass is 249 g/mol. The summed E-state index contributed by atoms with van der Waals surface area (Å²) in [6, 6.07) is 6.89. The number of aromatic nitrogens is 1. The lowest BCUT2D eigenvalue weighted by atomic mass is 10.2. The molecule has 0 bridgehead atoms. The Bertz CT molecular complexity index is 558. The summed E-state index contributed by atoms with van der Waals surface area (Å²) in [7, 11) is 2.89. The number of benzene rings is 1. The molecule has 2 aromatic rings. The maximum Gasteiger partial charge on any atom is 0.362 e. The van der Waals surface area contributed by atoms with Crippen molar-refractivity contribution in [1.29, 1.82) is 0 Å². The molecule has 0 spiro atoms. The highest BCUT2D eigenvalue weighted by Crippen LogP contribution is 2.28. The number of ether oxygens (including phenoxy) is 2. The van der Waals surface area contributed by atoms with Crippen LogP contribution in [-0.2, 0) is 0 Å². The number of carboxylic acid groups (broad SMARTS) is 1. The van der Waals surface area contributed by atoms with E-state index in [1.165, 1.54) is 7.11 Å². The molecule has 1 aromatic carbocycles. The highest BCUT2D eigenvalue weighted by molar-refractivity contribution is 5.88. The molecule has 0 aliphatic carbocycles. The van der Waals surface area contributed by atoms with Crippen LogP contribution in [0.1, 0.15) is 10.5 Å². The first-order valence-corrected chi connectivity index (χ1v) is 5.08. The van der Waals surface area contributed by atoms with E-state index in [1.54, 1.807) is 31.4 Å². The molecule has 6 nitrogen and oxygen atoms in total. The van der Waals surface area contributed by atoms with Gasteiger partial charge in [-0.15, -0.1) is 0 Å². The summed E-state index contributed by atoms with van der Waals surface area (Å²) in [6.45, 7) is 0. The molecular weight excluding hydrogens is 238 g/mol. The van der Waals surface area contributed by atoms with Crippen molar-refractivity contribution in [2.24, 2.45) is 0 Å². The second-order valence-electron chi connectivity index (χ2n) is 3.39. The summed E-state index contributed by atoms with van der Waals surface area (Å²) in [4.78, 5) is 14.8. The predicted molar refractivity (Wildman–Crippen MR) is 62.0 cm³/mol. The lowest BCUT2D eigenvalue weighted by molar-refractivity contribution is 0.0685. The fourth-order valence-corrected chi connectivity index (χ4v) is 1.44. The maximum absolute atomic E-state index is 10.9. The molecule has 0 radical (unpaired) electrons. The Morgan fingerprint density at radius 2 is 1.89 bits per heavy atom. The zero-order valence-electron chi connectivity index (χ0n) is 9.84. The van der Waals surface area contributed by atoms with Gasteiger partial charge in [-0.25, -0.2) is 4.79 Å². The van der Waals surface area contributed by atoms with E-state index in [0.29, 0.717) is 11.3 Å². The van der Waals surface area contributed by atoms with Crippen molar-refractivity contribution in [3.05, 3.63) is 30.0 Å². The van der Waals surface area contributed by atoms with E-state index in [0.717, 1.165) is 0 Å². The minimum Gasteiger partial charge on any atom is -0.497 e. The molecule has 0 saturated heterocycles. The summed E-state index contributed by atoms with van der Waals surface area (Å²) in [5.74, 6) is -0.439. The second-order valence-corrected chi connectivity index (χ2v) is 3.39. The van der Waals surface area contributed by atoms with Crippen LogP contribution in [0, 0.1) is 0 Å². The minimum absolute atomic E-state index is 0.117. The van der Waals surface area contributed by atoms with Gasteiger partial charge in [0.2, 0.25) is 11.6 Å². The quantitative estimate of drug-likeness (QED) is 0.893. The summed E-state index contributed by atoms with van der Waals surface area (Å²) in [5.41, 5.74) is 0.393. The Hall–Kier alpha value is -2.50. The summed E-state index contributed by atoms with van der Waals surface area (Å²) in [5, 5.41) is 8.92. The van der Waals surface area contributed by atoms with Gasteiger partial charge in [0.15, 0.2) is 0 Å². The molecular formula is C12H11NO5. The van der Waals surface area contributed by atoms with Gasteiger partial charge < -0.3 is 19.0 Å².